The summed E-state index contributed by atoms with van der Waals surface area (Å²) in [5.41, 5.74) is 0. The monoisotopic (exact) mass is 169 g/mol. The van der Waals surface area contributed by atoms with Crippen molar-refractivity contribution < 1.29 is 0 Å². The molecule has 12 heavy (non-hydrogen) atoms. The van der Waals surface area contributed by atoms with Crippen molar-refractivity contribution in [2.24, 2.45) is 0 Å². The highest BCUT2D eigenvalue weighted by Crippen LogP contribution is 2.18. The number of rotatable bonds is 5. The van der Waals surface area contributed by atoms with Crippen LogP contribution in [0.25, 0.3) is 0 Å². The van der Waals surface area contributed by atoms with Gasteiger partial charge in [-0.15, -0.1) is 0 Å². The van der Waals surface area contributed by atoms with Gasteiger partial charge in [0.15, 0.2) is 0 Å². The van der Waals surface area contributed by atoms with E-state index in [-0.39, 0.29) is 0 Å². The molecule has 1 fully saturated rings. The molecule has 0 aromatic heterocycles. The SMILES string of the molecule is CCCC(CCC)N1CCCC1. The average molecular weight is 169 g/mol. The Morgan fingerprint density at radius 3 is 1.92 bits per heavy atom. The third kappa shape index (κ3) is 2.78. The lowest BCUT2D eigenvalue weighted by atomic mass is 10.1. The third-order valence-electron chi connectivity index (χ3n) is 2.90. The van der Waals surface area contributed by atoms with Gasteiger partial charge in [-0.2, -0.15) is 0 Å². The summed E-state index contributed by atoms with van der Waals surface area (Å²) in [4.78, 5) is 2.70. The standard InChI is InChI=1S/C11H23N/c1-3-7-11(8-4-2)12-9-5-6-10-12/h11H,3-10H2,1-2H3. The van der Waals surface area contributed by atoms with E-state index < -0.39 is 0 Å². The molecule has 0 bridgehead atoms. The molecule has 0 spiro atoms. The summed E-state index contributed by atoms with van der Waals surface area (Å²) < 4.78 is 0. The molecule has 0 atom stereocenters. The maximum atomic E-state index is 2.70. The van der Waals surface area contributed by atoms with Crippen molar-refractivity contribution in [2.75, 3.05) is 13.1 Å². The van der Waals surface area contributed by atoms with E-state index >= 15 is 0 Å². The molecule has 0 saturated carbocycles. The van der Waals surface area contributed by atoms with Gasteiger partial charge >= 0.3 is 0 Å². The largest absolute Gasteiger partial charge is 0.300 e. The van der Waals surface area contributed by atoms with Crippen LogP contribution in [0.3, 0.4) is 0 Å². The summed E-state index contributed by atoms with van der Waals surface area (Å²) in [7, 11) is 0. The zero-order chi connectivity index (χ0) is 8.81. The van der Waals surface area contributed by atoms with Crippen molar-refractivity contribution in [2.45, 2.75) is 58.4 Å². The van der Waals surface area contributed by atoms with E-state index in [9.17, 15) is 0 Å². The summed E-state index contributed by atoms with van der Waals surface area (Å²) in [5, 5.41) is 0. The van der Waals surface area contributed by atoms with Gasteiger partial charge in [0.1, 0.15) is 0 Å². The van der Waals surface area contributed by atoms with Gasteiger partial charge in [0.2, 0.25) is 0 Å². The zero-order valence-electron chi connectivity index (χ0n) is 8.68. The van der Waals surface area contributed by atoms with Crippen LogP contribution >= 0.6 is 0 Å². The highest BCUT2D eigenvalue weighted by atomic mass is 15.2. The quantitative estimate of drug-likeness (QED) is 0.611. The van der Waals surface area contributed by atoms with Gasteiger partial charge in [0.05, 0.1) is 0 Å². The molecule has 0 N–H and O–H groups in total. The molecule has 0 amide bonds. The van der Waals surface area contributed by atoms with Crippen molar-refractivity contribution in [3.05, 3.63) is 0 Å². The smallest absolute Gasteiger partial charge is 0.00950 e. The number of hydrogen-bond donors (Lipinski definition) is 0. The van der Waals surface area contributed by atoms with Crippen molar-refractivity contribution >= 4 is 0 Å². The average Bonchev–Trinajstić information content (AvgIpc) is 2.56. The highest BCUT2D eigenvalue weighted by Gasteiger charge is 2.19. The normalized spacial score (nSPS) is 19.2. The van der Waals surface area contributed by atoms with Crippen molar-refractivity contribution in [1.29, 1.82) is 0 Å². The Balaban J connectivity index is 2.29. The van der Waals surface area contributed by atoms with Crippen LogP contribution in [0.1, 0.15) is 52.4 Å². The van der Waals surface area contributed by atoms with Crippen LogP contribution in [0.4, 0.5) is 0 Å². The van der Waals surface area contributed by atoms with Crippen LogP contribution in [-0.2, 0) is 0 Å². The highest BCUT2D eigenvalue weighted by molar-refractivity contribution is 4.75. The fourth-order valence-corrected chi connectivity index (χ4v) is 2.28. The third-order valence-corrected chi connectivity index (χ3v) is 2.90. The predicted molar refractivity (Wildman–Crippen MR) is 54.4 cm³/mol. The summed E-state index contributed by atoms with van der Waals surface area (Å²) in [6.07, 6.45) is 8.39. The van der Waals surface area contributed by atoms with E-state index in [1.54, 1.807) is 0 Å². The predicted octanol–water partition coefficient (Wildman–Crippen LogP) is 3.05. The number of nitrogens with zero attached hydrogens (tertiary/aromatic N) is 1. The van der Waals surface area contributed by atoms with Gasteiger partial charge < -0.3 is 4.90 Å². The molecule has 1 aliphatic rings. The lowest BCUT2D eigenvalue weighted by Gasteiger charge is -2.26. The molecule has 1 saturated heterocycles. The fourth-order valence-electron chi connectivity index (χ4n) is 2.28. The van der Waals surface area contributed by atoms with Gasteiger partial charge in [0, 0.05) is 6.04 Å². The van der Waals surface area contributed by atoms with Crippen LogP contribution in [0.15, 0.2) is 0 Å². The van der Waals surface area contributed by atoms with Crippen LogP contribution < -0.4 is 0 Å². The van der Waals surface area contributed by atoms with Gasteiger partial charge in [-0.05, 0) is 38.8 Å². The van der Waals surface area contributed by atoms with Crippen LogP contribution in [0, 0.1) is 0 Å². The zero-order valence-corrected chi connectivity index (χ0v) is 8.68. The summed E-state index contributed by atoms with van der Waals surface area (Å²) in [6.45, 7) is 7.34. The molecule has 0 aromatic carbocycles. The Morgan fingerprint density at radius 2 is 1.50 bits per heavy atom. The molecule has 0 radical (unpaired) electrons. The Hall–Kier alpha value is -0.0400. The Morgan fingerprint density at radius 1 is 1.00 bits per heavy atom. The molecule has 1 heteroatoms. The molecule has 0 aliphatic carbocycles. The van der Waals surface area contributed by atoms with Crippen LogP contribution in [0.2, 0.25) is 0 Å². The first kappa shape index (κ1) is 10.0. The summed E-state index contributed by atoms with van der Waals surface area (Å²) >= 11 is 0. The van der Waals surface area contributed by atoms with E-state index in [2.05, 4.69) is 18.7 Å². The molecular formula is C11H23N. The van der Waals surface area contributed by atoms with E-state index in [4.69, 9.17) is 0 Å². The molecule has 72 valence electrons. The van der Waals surface area contributed by atoms with Crippen LogP contribution in [0.5, 0.6) is 0 Å². The van der Waals surface area contributed by atoms with Crippen molar-refractivity contribution in [3.63, 3.8) is 0 Å². The molecular weight excluding hydrogens is 146 g/mol. The maximum absolute atomic E-state index is 2.70. The van der Waals surface area contributed by atoms with Crippen molar-refractivity contribution in [3.8, 4) is 0 Å². The minimum Gasteiger partial charge on any atom is -0.300 e. The lowest BCUT2D eigenvalue weighted by molar-refractivity contribution is 0.216. The first-order valence-corrected chi connectivity index (χ1v) is 5.62. The first-order valence-electron chi connectivity index (χ1n) is 5.62. The van der Waals surface area contributed by atoms with E-state index in [1.165, 1.54) is 51.6 Å². The lowest BCUT2D eigenvalue weighted by Crippen LogP contribution is -2.32. The van der Waals surface area contributed by atoms with E-state index in [1.807, 2.05) is 0 Å². The Bertz CT molecular complexity index is 99.6. The second-order valence-corrected chi connectivity index (χ2v) is 3.97. The summed E-state index contributed by atoms with van der Waals surface area (Å²) in [5.74, 6) is 0. The Labute approximate surface area is 77.1 Å². The summed E-state index contributed by atoms with van der Waals surface area (Å²) in [6, 6.07) is 0.905. The van der Waals surface area contributed by atoms with Gasteiger partial charge in [-0.1, -0.05) is 26.7 Å². The second-order valence-electron chi connectivity index (χ2n) is 3.97. The molecule has 0 aromatic rings. The minimum absolute atomic E-state index is 0.905. The second kappa shape index (κ2) is 5.58. The first-order chi connectivity index (χ1) is 5.88. The van der Waals surface area contributed by atoms with Crippen LogP contribution in [-0.4, -0.2) is 24.0 Å². The molecule has 1 aliphatic heterocycles. The molecule has 1 nitrogen and oxygen atoms in total. The molecule has 1 heterocycles. The Kier molecular flexibility index (Phi) is 4.67. The molecule has 0 unspecified atom stereocenters. The van der Waals surface area contributed by atoms with Gasteiger partial charge in [-0.25, -0.2) is 0 Å². The van der Waals surface area contributed by atoms with Gasteiger partial charge in [-0.3, -0.25) is 0 Å². The minimum atomic E-state index is 0.905. The van der Waals surface area contributed by atoms with Crippen molar-refractivity contribution in [1.82, 2.24) is 4.90 Å². The number of hydrogen-bond acceptors (Lipinski definition) is 1. The maximum Gasteiger partial charge on any atom is 0.00950 e. The van der Waals surface area contributed by atoms with E-state index in [0.29, 0.717) is 0 Å². The number of likely N-dealkylation sites (tertiary alicyclic amines) is 1. The fraction of sp³-hybridized carbons (Fsp3) is 1.00. The van der Waals surface area contributed by atoms with Gasteiger partial charge in [0.25, 0.3) is 0 Å². The topological polar surface area (TPSA) is 3.24 Å². The van der Waals surface area contributed by atoms with E-state index in [0.717, 1.165) is 6.04 Å². The molecule has 1 rings (SSSR count).